The molecule has 15 heavy (non-hydrogen) atoms. The number of hydrogen-bond acceptors (Lipinski definition) is 1. The first-order chi connectivity index (χ1) is 7.23. The number of benzene rings is 1. The number of rotatable bonds is 6. The van der Waals surface area contributed by atoms with E-state index in [1.54, 1.807) is 0 Å². The maximum atomic E-state index is 6.00. The molecule has 0 amide bonds. The van der Waals surface area contributed by atoms with E-state index >= 15 is 0 Å². The standard InChI is InChI=1S/C13H19IO/c1-3-4-10-15-13(2,11-14)12-8-6-5-7-9-12/h5-9H,3-4,10-11H2,1-2H3. The van der Waals surface area contributed by atoms with Crippen molar-refractivity contribution in [2.24, 2.45) is 0 Å². The third-order valence-electron chi connectivity index (χ3n) is 2.56. The lowest BCUT2D eigenvalue weighted by Crippen LogP contribution is -2.28. The van der Waals surface area contributed by atoms with E-state index in [-0.39, 0.29) is 5.60 Å². The van der Waals surface area contributed by atoms with Crippen LogP contribution in [0, 0.1) is 0 Å². The van der Waals surface area contributed by atoms with Crippen LogP contribution in [-0.4, -0.2) is 11.0 Å². The predicted octanol–water partition coefficient (Wildman–Crippen LogP) is 4.15. The normalized spacial score (nSPS) is 14.9. The first kappa shape index (κ1) is 13.0. The summed E-state index contributed by atoms with van der Waals surface area (Å²) >= 11 is 2.40. The van der Waals surface area contributed by atoms with Crippen LogP contribution < -0.4 is 0 Å². The minimum Gasteiger partial charge on any atom is -0.370 e. The zero-order chi connectivity index (χ0) is 11.1. The Morgan fingerprint density at radius 1 is 1.27 bits per heavy atom. The lowest BCUT2D eigenvalue weighted by Gasteiger charge is -2.28. The van der Waals surface area contributed by atoms with Crippen molar-refractivity contribution in [1.29, 1.82) is 0 Å². The summed E-state index contributed by atoms with van der Waals surface area (Å²) in [6.45, 7) is 5.21. The highest BCUT2D eigenvalue weighted by molar-refractivity contribution is 14.1. The molecule has 0 aromatic heterocycles. The van der Waals surface area contributed by atoms with E-state index in [4.69, 9.17) is 4.74 Å². The average Bonchev–Trinajstić information content (AvgIpc) is 2.30. The van der Waals surface area contributed by atoms with Crippen molar-refractivity contribution in [3.05, 3.63) is 35.9 Å². The SMILES string of the molecule is CCCCOC(C)(CI)c1ccccc1. The lowest BCUT2D eigenvalue weighted by molar-refractivity contribution is -0.0167. The maximum Gasteiger partial charge on any atom is 0.0992 e. The zero-order valence-corrected chi connectivity index (χ0v) is 11.7. The molecule has 0 aliphatic heterocycles. The van der Waals surface area contributed by atoms with E-state index in [1.165, 1.54) is 12.0 Å². The number of unbranched alkanes of at least 4 members (excludes halogenated alkanes) is 1. The third kappa shape index (κ3) is 3.76. The third-order valence-corrected chi connectivity index (χ3v) is 4.01. The first-order valence-corrected chi connectivity index (χ1v) is 7.01. The van der Waals surface area contributed by atoms with Crippen LogP contribution in [0.5, 0.6) is 0 Å². The number of alkyl halides is 1. The molecule has 0 saturated heterocycles. The Balaban J connectivity index is 2.67. The summed E-state index contributed by atoms with van der Waals surface area (Å²) in [6, 6.07) is 10.5. The van der Waals surface area contributed by atoms with Crippen LogP contribution in [0.3, 0.4) is 0 Å². The number of halogens is 1. The van der Waals surface area contributed by atoms with Crippen molar-refractivity contribution >= 4 is 22.6 Å². The molecule has 84 valence electrons. The second kappa shape index (κ2) is 6.48. The Labute approximate surface area is 106 Å². The highest BCUT2D eigenvalue weighted by Crippen LogP contribution is 2.27. The fraction of sp³-hybridized carbons (Fsp3) is 0.538. The highest BCUT2D eigenvalue weighted by Gasteiger charge is 2.25. The molecule has 1 unspecified atom stereocenters. The van der Waals surface area contributed by atoms with E-state index in [9.17, 15) is 0 Å². The van der Waals surface area contributed by atoms with Crippen LogP contribution >= 0.6 is 22.6 Å². The van der Waals surface area contributed by atoms with Crippen LogP contribution in [0.15, 0.2) is 30.3 Å². The monoisotopic (exact) mass is 318 g/mol. The highest BCUT2D eigenvalue weighted by atomic mass is 127. The molecule has 0 N–H and O–H groups in total. The lowest BCUT2D eigenvalue weighted by atomic mass is 9.98. The topological polar surface area (TPSA) is 9.23 Å². The van der Waals surface area contributed by atoms with Gasteiger partial charge in [-0.1, -0.05) is 66.3 Å². The Bertz CT molecular complexity index is 273. The summed E-state index contributed by atoms with van der Waals surface area (Å²) in [5, 5.41) is 0. The molecule has 1 aromatic carbocycles. The molecule has 1 atom stereocenters. The van der Waals surface area contributed by atoms with Crippen molar-refractivity contribution in [1.82, 2.24) is 0 Å². The van der Waals surface area contributed by atoms with Gasteiger partial charge < -0.3 is 4.74 Å². The largest absolute Gasteiger partial charge is 0.370 e. The van der Waals surface area contributed by atoms with Gasteiger partial charge in [-0.15, -0.1) is 0 Å². The molecule has 0 spiro atoms. The van der Waals surface area contributed by atoms with Crippen molar-refractivity contribution in [3.8, 4) is 0 Å². The van der Waals surface area contributed by atoms with Gasteiger partial charge in [-0.05, 0) is 18.9 Å². The van der Waals surface area contributed by atoms with Crippen LogP contribution in [0.1, 0.15) is 32.3 Å². The van der Waals surface area contributed by atoms with Crippen LogP contribution in [0.2, 0.25) is 0 Å². The van der Waals surface area contributed by atoms with E-state index in [0.29, 0.717) is 0 Å². The summed E-state index contributed by atoms with van der Waals surface area (Å²) in [5.41, 5.74) is 1.15. The molecule has 0 aliphatic carbocycles. The molecular formula is C13H19IO. The Hall–Kier alpha value is -0.0900. The van der Waals surface area contributed by atoms with Crippen LogP contribution in [0.25, 0.3) is 0 Å². The summed E-state index contributed by atoms with van der Waals surface area (Å²) in [7, 11) is 0. The van der Waals surface area contributed by atoms with Crippen molar-refractivity contribution in [2.75, 3.05) is 11.0 Å². The summed E-state index contributed by atoms with van der Waals surface area (Å²) in [5.74, 6) is 0. The van der Waals surface area contributed by atoms with Gasteiger partial charge in [0, 0.05) is 11.0 Å². The van der Waals surface area contributed by atoms with Gasteiger partial charge in [0.15, 0.2) is 0 Å². The summed E-state index contributed by atoms with van der Waals surface area (Å²) < 4.78 is 6.98. The van der Waals surface area contributed by atoms with Gasteiger partial charge in [0.25, 0.3) is 0 Å². The molecule has 1 nitrogen and oxygen atoms in total. The van der Waals surface area contributed by atoms with Gasteiger partial charge in [0.1, 0.15) is 0 Å². The quantitative estimate of drug-likeness (QED) is 0.435. The Morgan fingerprint density at radius 3 is 2.47 bits per heavy atom. The van der Waals surface area contributed by atoms with Gasteiger partial charge in [0.2, 0.25) is 0 Å². The van der Waals surface area contributed by atoms with E-state index < -0.39 is 0 Å². The molecule has 1 aromatic rings. The van der Waals surface area contributed by atoms with Gasteiger partial charge in [0.05, 0.1) is 5.60 Å². The van der Waals surface area contributed by atoms with Crippen LogP contribution in [-0.2, 0) is 10.3 Å². The average molecular weight is 318 g/mol. The number of hydrogen-bond donors (Lipinski definition) is 0. The maximum absolute atomic E-state index is 6.00. The fourth-order valence-electron chi connectivity index (χ4n) is 1.43. The molecule has 0 fully saturated rings. The van der Waals surface area contributed by atoms with Gasteiger partial charge >= 0.3 is 0 Å². The zero-order valence-electron chi connectivity index (χ0n) is 9.50. The molecule has 2 heteroatoms. The summed E-state index contributed by atoms with van der Waals surface area (Å²) in [4.78, 5) is 0. The van der Waals surface area contributed by atoms with Gasteiger partial charge in [-0.2, -0.15) is 0 Å². The van der Waals surface area contributed by atoms with Crippen molar-refractivity contribution in [3.63, 3.8) is 0 Å². The fourth-order valence-corrected chi connectivity index (χ4v) is 2.09. The summed E-state index contributed by atoms with van der Waals surface area (Å²) in [6.07, 6.45) is 2.32. The first-order valence-electron chi connectivity index (χ1n) is 5.48. The molecule has 0 aliphatic rings. The Morgan fingerprint density at radius 2 is 1.93 bits per heavy atom. The minimum absolute atomic E-state index is 0.128. The molecule has 0 bridgehead atoms. The van der Waals surface area contributed by atoms with Crippen LogP contribution in [0.4, 0.5) is 0 Å². The molecule has 0 saturated carbocycles. The second-order valence-electron chi connectivity index (χ2n) is 3.93. The molecule has 0 heterocycles. The smallest absolute Gasteiger partial charge is 0.0992 e. The van der Waals surface area contributed by atoms with E-state index in [2.05, 4.69) is 60.7 Å². The van der Waals surface area contributed by atoms with E-state index in [1.807, 2.05) is 6.07 Å². The second-order valence-corrected chi connectivity index (χ2v) is 4.70. The van der Waals surface area contributed by atoms with Gasteiger partial charge in [-0.3, -0.25) is 0 Å². The van der Waals surface area contributed by atoms with E-state index in [0.717, 1.165) is 17.5 Å². The predicted molar refractivity (Wildman–Crippen MR) is 73.5 cm³/mol. The van der Waals surface area contributed by atoms with Crippen molar-refractivity contribution in [2.45, 2.75) is 32.3 Å². The Kier molecular flexibility index (Phi) is 5.61. The number of ether oxygens (including phenoxy) is 1. The molecule has 1 rings (SSSR count). The molecule has 0 radical (unpaired) electrons. The minimum atomic E-state index is -0.128. The molecular weight excluding hydrogens is 299 g/mol. The van der Waals surface area contributed by atoms with Gasteiger partial charge in [-0.25, -0.2) is 0 Å². The van der Waals surface area contributed by atoms with Crippen molar-refractivity contribution < 1.29 is 4.74 Å².